The molecule has 0 saturated carbocycles. The van der Waals surface area contributed by atoms with Gasteiger partial charge in [-0.3, -0.25) is 0 Å². The quantitative estimate of drug-likeness (QED) is 0.114. The van der Waals surface area contributed by atoms with Crippen molar-refractivity contribution in [3.8, 4) is 22.3 Å². The Kier molecular flexibility index (Phi) is 11.0. The fraction of sp³-hybridized carbons (Fsp3) is 0.231. The van der Waals surface area contributed by atoms with E-state index in [4.69, 9.17) is 17.0 Å². The summed E-state index contributed by atoms with van der Waals surface area (Å²) in [5.74, 6) is -1.85. The number of rotatable bonds is 11. The standard InChI is InChI=1S/2C25H23.C2H7Si.2ClH.Zr/c2*1-3-9-20-14-15-21-16-22(19-11-5-4-6-12-19)17-24(21)25(20)23-13-8-7-10-18(23)2;1-3-2;;;/h2*4-8,10-17H,3,9H2,1-2H3;3H,1-2H3;2*1H;/q;;;;;+2/p-2. The zero-order chi connectivity index (χ0) is 39.2. The van der Waals surface area contributed by atoms with Crippen LogP contribution in [0.5, 0.6) is 0 Å². The third-order valence-corrected chi connectivity index (χ3v) is 64.4. The minimum atomic E-state index is -5.26. The second-order valence-electron chi connectivity index (χ2n) is 16.5. The Balaban J connectivity index is 1.47. The van der Waals surface area contributed by atoms with Crippen LogP contribution in [0.1, 0.15) is 89.6 Å². The Morgan fingerprint density at radius 1 is 0.500 bits per heavy atom. The topological polar surface area (TPSA) is 0 Å². The van der Waals surface area contributed by atoms with Crippen molar-refractivity contribution in [3.63, 3.8) is 0 Å². The van der Waals surface area contributed by atoms with Gasteiger partial charge in [-0.2, -0.15) is 0 Å². The van der Waals surface area contributed by atoms with Gasteiger partial charge in [0.15, 0.2) is 0 Å². The van der Waals surface area contributed by atoms with Crippen LogP contribution in [0.4, 0.5) is 0 Å². The molecule has 0 radical (unpaired) electrons. The van der Waals surface area contributed by atoms with Gasteiger partial charge in [-0.25, -0.2) is 0 Å². The Bertz CT molecular complexity index is 2330. The number of hydrogen-bond donors (Lipinski definition) is 0. The van der Waals surface area contributed by atoms with Crippen LogP contribution in [0.15, 0.2) is 133 Å². The number of fused-ring (bicyclic) bond motifs is 2. The van der Waals surface area contributed by atoms with Gasteiger partial charge in [0.2, 0.25) is 0 Å². The first kappa shape index (κ1) is 39.3. The van der Waals surface area contributed by atoms with Gasteiger partial charge in [-0.1, -0.05) is 0 Å². The van der Waals surface area contributed by atoms with E-state index in [1.165, 1.54) is 89.0 Å². The van der Waals surface area contributed by atoms with Crippen LogP contribution >= 0.6 is 17.0 Å². The first-order valence-electron chi connectivity index (χ1n) is 20.6. The number of allylic oxidation sites excluding steroid dienone is 2. The number of benzene rings is 6. The molecule has 0 heterocycles. The normalized spacial score (nSPS) is 16.9. The number of halogens is 2. The third kappa shape index (κ3) is 6.44. The fourth-order valence-electron chi connectivity index (χ4n) is 10.1. The summed E-state index contributed by atoms with van der Waals surface area (Å²) in [6.07, 6.45) is 9.22. The molecule has 56 heavy (non-hydrogen) atoms. The van der Waals surface area contributed by atoms with E-state index in [0.29, 0.717) is 0 Å². The van der Waals surface area contributed by atoms with Crippen molar-refractivity contribution >= 4 is 46.2 Å². The van der Waals surface area contributed by atoms with E-state index >= 15 is 0 Å². The average Bonchev–Trinajstić information content (AvgIpc) is 3.81. The molecule has 0 bridgehead atoms. The SMILES string of the molecule is CCCc1ccc2c(c1-c1ccccc1C)C=C(c1ccccc1)[CH]2[Zr]([Cl])([Cl])([CH]1C(c2ccccc2)=Cc2c1ccc(CCC)c2-c1ccccc1C)[SiH](C)C. The second-order valence-corrected chi connectivity index (χ2v) is 59.0. The zero-order valence-corrected chi connectivity index (χ0v) is 38.8. The molecule has 0 nitrogen and oxygen atoms in total. The van der Waals surface area contributed by atoms with E-state index in [9.17, 15) is 0 Å². The van der Waals surface area contributed by atoms with Crippen molar-refractivity contribution in [1.29, 1.82) is 0 Å². The van der Waals surface area contributed by atoms with Gasteiger partial charge in [-0.05, 0) is 0 Å². The van der Waals surface area contributed by atoms with Crippen LogP contribution in [0.25, 0.3) is 45.6 Å². The zero-order valence-electron chi connectivity index (χ0n) is 33.7. The summed E-state index contributed by atoms with van der Waals surface area (Å²) >= 11 is -5.26. The van der Waals surface area contributed by atoms with Gasteiger partial charge in [-0.15, -0.1) is 0 Å². The van der Waals surface area contributed by atoms with Gasteiger partial charge in [0.1, 0.15) is 0 Å². The summed E-state index contributed by atoms with van der Waals surface area (Å²) in [6.45, 7) is 14.0. The summed E-state index contributed by atoms with van der Waals surface area (Å²) < 4.78 is -0.162. The van der Waals surface area contributed by atoms with Crippen LogP contribution in [0.3, 0.4) is 0 Å². The molecule has 283 valence electrons. The average molecular weight is 868 g/mol. The van der Waals surface area contributed by atoms with E-state index in [1.54, 1.807) is 0 Å². The third-order valence-electron chi connectivity index (χ3n) is 12.9. The minimum absolute atomic E-state index is 0.0809. The predicted octanol–water partition coefficient (Wildman–Crippen LogP) is 15.4. The molecular weight excluding hydrogens is 815 g/mol. The molecule has 0 saturated heterocycles. The molecule has 4 heteroatoms. The molecule has 0 N–H and O–H groups in total. The summed E-state index contributed by atoms with van der Waals surface area (Å²) in [7, 11) is 18.2. The van der Waals surface area contributed by atoms with Gasteiger partial charge in [0, 0.05) is 0 Å². The van der Waals surface area contributed by atoms with E-state index in [0.717, 1.165) is 25.7 Å². The van der Waals surface area contributed by atoms with Crippen molar-refractivity contribution in [2.45, 2.75) is 73.7 Å². The maximum atomic E-state index is 9.10. The maximum absolute atomic E-state index is 9.10. The van der Waals surface area contributed by atoms with Crippen LogP contribution in [-0.4, -0.2) is 5.92 Å². The molecule has 0 aromatic heterocycles. The van der Waals surface area contributed by atoms with Crippen molar-refractivity contribution < 1.29 is 15.6 Å². The summed E-state index contributed by atoms with van der Waals surface area (Å²) in [4.78, 5) is 0. The van der Waals surface area contributed by atoms with Crippen molar-refractivity contribution in [3.05, 3.63) is 189 Å². The van der Waals surface area contributed by atoms with Gasteiger partial charge in [0.05, 0.1) is 0 Å². The van der Waals surface area contributed by atoms with Crippen molar-refractivity contribution in [1.82, 2.24) is 0 Å². The van der Waals surface area contributed by atoms with Crippen LogP contribution in [0, 0.1) is 13.8 Å². The van der Waals surface area contributed by atoms with E-state index in [1.807, 2.05) is 0 Å². The van der Waals surface area contributed by atoms with Gasteiger partial charge in [0.25, 0.3) is 0 Å². The predicted molar refractivity (Wildman–Crippen MR) is 246 cm³/mol. The Morgan fingerprint density at radius 2 is 0.875 bits per heavy atom. The van der Waals surface area contributed by atoms with Crippen LogP contribution in [0.2, 0.25) is 13.1 Å². The molecule has 2 aliphatic rings. The van der Waals surface area contributed by atoms with E-state index in [2.05, 4.69) is 186 Å². The molecule has 8 rings (SSSR count). The van der Waals surface area contributed by atoms with E-state index in [-0.39, 0.29) is 7.25 Å². The van der Waals surface area contributed by atoms with Gasteiger partial charge < -0.3 is 0 Å². The first-order valence-corrected chi connectivity index (χ1v) is 36.9. The molecule has 0 aliphatic heterocycles. The summed E-state index contributed by atoms with van der Waals surface area (Å²) in [5, 5.41) is 0. The molecule has 0 spiro atoms. The van der Waals surface area contributed by atoms with E-state index < -0.39 is 21.5 Å². The molecule has 2 unspecified atom stereocenters. The number of hydrogen-bond acceptors (Lipinski definition) is 0. The molecule has 0 amide bonds. The Labute approximate surface area is 344 Å². The Morgan fingerprint density at radius 3 is 1.23 bits per heavy atom. The van der Waals surface area contributed by atoms with Crippen LogP contribution < -0.4 is 0 Å². The molecule has 6 aromatic carbocycles. The summed E-state index contributed by atoms with van der Waals surface area (Å²) in [5.41, 5.74) is 21.0. The molecule has 2 aliphatic carbocycles. The molecule has 2 atom stereocenters. The molecular formula is C52H53Cl2SiZr. The number of aryl methyl sites for hydroxylation is 4. The summed E-state index contributed by atoms with van der Waals surface area (Å²) in [6, 6.07) is 49.5. The fourth-order valence-corrected chi connectivity index (χ4v) is 40.2. The van der Waals surface area contributed by atoms with Crippen molar-refractivity contribution in [2.75, 3.05) is 0 Å². The molecule has 6 aromatic rings. The monoisotopic (exact) mass is 865 g/mol. The molecule has 0 fully saturated rings. The van der Waals surface area contributed by atoms with Gasteiger partial charge >= 0.3 is 347 Å². The Hall–Kier alpha value is -3.52. The first-order chi connectivity index (χ1) is 27.1. The second kappa shape index (κ2) is 15.7. The van der Waals surface area contributed by atoms with Crippen molar-refractivity contribution in [2.24, 2.45) is 0 Å². The van der Waals surface area contributed by atoms with Crippen LogP contribution in [-0.2, 0) is 28.4 Å².